The Bertz CT molecular complexity index is 507. The lowest BCUT2D eigenvalue weighted by atomic mass is 10.3. The number of hydrogen-bond acceptors (Lipinski definition) is 2. The summed E-state index contributed by atoms with van der Waals surface area (Å²) >= 11 is 11.7. The highest BCUT2D eigenvalue weighted by atomic mass is 35.5. The Morgan fingerprint density at radius 1 is 1.25 bits per heavy atom. The van der Waals surface area contributed by atoms with E-state index in [0.717, 1.165) is 5.69 Å². The van der Waals surface area contributed by atoms with Gasteiger partial charge in [0, 0.05) is 11.4 Å². The Balaban J connectivity index is 2.34. The van der Waals surface area contributed by atoms with Gasteiger partial charge in [-0.3, -0.25) is 9.36 Å². The number of carbonyl (C=O) groups excluding carboxylic acids is 1. The van der Waals surface area contributed by atoms with Crippen LogP contribution in [0.4, 0.5) is 5.69 Å². The number of carbonyl (C=O) groups is 1. The van der Waals surface area contributed by atoms with Crippen molar-refractivity contribution >= 4 is 35.3 Å². The summed E-state index contributed by atoms with van der Waals surface area (Å²) in [5.41, 5.74) is 1.53. The molecule has 1 amide bonds. The van der Waals surface area contributed by atoms with Crippen LogP contribution in [0.3, 0.4) is 0 Å². The van der Waals surface area contributed by atoms with Crippen LogP contribution < -0.4 is 5.32 Å². The van der Waals surface area contributed by atoms with Crippen LogP contribution in [-0.4, -0.2) is 16.0 Å². The molecule has 0 aliphatic rings. The first-order valence-electron chi connectivity index (χ1n) is 4.41. The minimum atomic E-state index is 0.261. The van der Waals surface area contributed by atoms with Crippen molar-refractivity contribution in [3.8, 4) is 5.69 Å². The molecule has 2 aromatic rings. The first-order valence-corrected chi connectivity index (χ1v) is 5.17. The van der Waals surface area contributed by atoms with Gasteiger partial charge in [0.1, 0.15) is 6.33 Å². The van der Waals surface area contributed by atoms with Crippen molar-refractivity contribution in [2.45, 2.75) is 0 Å². The quantitative estimate of drug-likeness (QED) is 0.858. The third-order valence-corrected chi connectivity index (χ3v) is 2.77. The van der Waals surface area contributed by atoms with E-state index in [1.807, 2.05) is 0 Å². The fourth-order valence-corrected chi connectivity index (χ4v) is 1.60. The fourth-order valence-electron chi connectivity index (χ4n) is 1.28. The molecule has 6 heteroatoms. The zero-order valence-electron chi connectivity index (χ0n) is 8.02. The van der Waals surface area contributed by atoms with Gasteiger partial charge in [-0.2, -0.15) is 0 Å². The molecule has 0 atom stereocenters. The summed E-state index contributed by atoms with van der Waals surface area (Å²) in [6.45, 7) is 0. The van der Waals surface area contributed by atoms with Crippen LogP contribution >= 0.6 is 23.2 Å². The van der Waals surface area contributed by atoms with Gasteiger partial charge in [-0.05, 0) is 24.3 Å². The molecule has 0 saturated heterocycles. The molecule has 0 aliphatic carbocycles. The normalized spacial score (nSPS) is 10.1. The smallest absolute Gasteiger partial charge is 0.211 e. The van der Waals surface area contributed by atoms with Crippen molar-refractivity contribution < 1.29 is 4.79 Å². The molecule has 0 radical (unpaired) electrons. The molecule has 1 aromatic heterocycles. The highest BCUT2D eigenvalue weighted by Gasteiger charge is 2.07. The number of benzene rings is 1. The van der Waals surface area contributed by atoms with Crippen LogP contribution in [0, 0.1) is 0 Å². The molecule has 1 N–H and O–H groups in total. The van der Waals surface area contributed by atoms with Crippen LogP contribution in [0.2, 0.25) is 10.3 Å². The first kappa shape index (κ1) is 11.0. The number of imidazole rings is 1. The molecule has 4 nitrogen and oxygen atoms in total. The first-order chi connectivity index (χ1) is 7.72. The van der Waals surface area contributed by atoms with Crippen LogP contribution in [0.5, 0.6) is 0 Å². The van der Waals surface area contributed by atoms with Crippen molar-refractivity contribution in [1.82, 2.24) is 9.55 Å². The van der Waals surface area contributed by atoms with E-state index >= 15 is 0 Å². The van der Waals surface area contributed by atoms with Crippen molar-refractivity contribution in [3.63, 3.8) is 0 Å². The molecular weight excluding hydrogens is 249 g/mol. The van der Waals surface area contributed by atoms with Crippen LogP contribution in [0.15, 0.2) is 30.6 Å². The lowest BCUT2D eigenvalue weighted by molar-refractivity contribution is -0.105. The Labute approximate surface area is 102 Å². The van der Waals surface area contributed by atoms with Gasteiger partial charge in [0.2, 0.25) is 6.41 Å². The molecule has 2 rings (SSSR count). The number of anilines is 1. The lowest BCUT2D eigenvalue weighted by Gasteiger charge is -2.04. The molecule has 0 saturated carbocycles. The number of nitrogens with one attached hydrogen (secondary N) is 1. The van der Waals surface area contributed by atoms with Crippen LogP contribution in [-0.2, 0) is 4.79 Å². The Morgan fingerprint density at radius 2 is 1.94 bits per heavy atom. The SMILES string of the molecule is O=CNc1ccc(-n2cnc(Cl)c2Cl)cc1. The molecule has 82 valence electrons. The Morgan fingerprint density at radius 3 is 2.44 bits per heavy atom. The summed E-state index contributed by atoms with van der Waals surface area (Å²) < 4.78 is 1.65. The average molecular weight is 256 g/mol. The van der Waals surface area contributed by atoms with E-state index in [1.165, 1.54) is 6.33 Å². The van der Waals surface area contributed by atoms with E-state index in [9.17, 15) is 4.79 Å². The molecule has 0 bridgehead atoms. The summed E-state index contributed by atoms with van der Waals surface area (Å²) in [4.78, 5) is 14.1. The Kier molecular flexibility index (Phi) is 3.12. The lowest BCUT2D eigenvalue weighted by Crippen LogP contribution is -1.95. The van der Waals surface area contributed by atoms with E-state index in [1.54, 1.807) is 28.8 Å². The number of nitrogens with zero attached hydrogens (tertiary/aromatic N) is 2. The van der Waals surface area contributed by atoms with Gasteiger partial charge in [-0.1, -0.05) is 23.2 Å². The number of amides is 1. The number of halogens is 2. The van der Waals surface area contributed by atoms with Crippen molar-refractivity contribution in [1.29, 1.82) is 0 Å². The van der Waals surface area contributed by atoms with Gasteiger partial charge in [-0.25, -0.2) is 4.98 Å². The summed E-state index contributed by atoms with van der Waals surface area (Å²) in [6.07, 6.45) is 2.16. The van der Waals surface area contributed by atoms with E-state index < -0.39 is 0 Å². The summed E-state index contributed by atoms with van der Waals surface area (Å²) in [6, 6.07) is 7.12. The third-order valence-electron chi connectivity index (χ3n) is 2.04. The highest BCUT2D eigenvalue weighted by molar-refractivity contribution is 6.40. The largest absolute Gasteiger partial charge is 0.329 e. The number of aromatic nitrogens is 2. The van der Waals surface area contributed by atoms with Crippen molar-refractivity contribution in [2.24, 2.45) is 0 Å². The van der Waals surface area contributed by atoms with Crippen molar-refractivity contribution in [2.75, 3.05) is 5.32 Å². The second-order valence-electron chi connectivity index (χ2n) is 3.01. The zero-order valence-corrected chi connectivity index (χ0v) is 9.53. The predicted molar refractivity (Wildman–Crippen MR) is 63.3 cm³/mol. The van der Waals surface area contributed by atoms with E-state index in [0.29, 0.717) is 17.3 Å². The van der Waals surface area contributed by atoms with E-state index in [4.69, 9.17) is 23.2 Å². The summed E-state index contributed by atoms with van der Waals surface area (Å²) in [7, 11) is 0. The zero-order chi connectivity index (χ0) is 11.5. The number of rotatable bonds is 3. The molecule has 0 fully saturated rings. The predicted octanol–water partition coefficient (Wildman–Crippen LogP) is 2.75. The molecule has 1 heterocycles. The van der Waals surface area contributed by atoms with Gasteiger partial charge < -0.3 is 5.32 Å². The monoisotopic (exact) mass is 255 g/mol. The van der Waals surface area contributed by atoms with Crippen LogP contribution in [0.25, 0.3) is 5.69 Å². The van der Waals surface area contributed by atoms with Gasteiger partial charge >= 0.3 is 0 Å². The maximum Gasteiger partial charge on any atom is 0.211 e. The van der Waals surface area contributed by atoms with E-state index in [-0.39, 0.29) is 5.15 Å². The maximum absolute atomic E-state index is 10.2. The molecular formula is C10H7Cl2N3O. The molecule has 1 aromatic carbocycles. The average Bonchev–Trinajstić information content (AvgIpc) is 2.62. The maximum atomic E-state index is 10.2. The van der Waals surface area contributed by atoms with Gasteiger partial charge in [0.15, 0.2) is 10.3 Å². The van der Waals surface area contributed by atoms with Gasteiger partial charge in [0.05, 0.1) is 0 Å². The topological polar surface area (TPSA) is 46.9 Å². The molecule has 0 aliphatic heterocycles. The third kappa shape index (κ3) is 2.03. The molecule has 0 spiro atoms. The second-order valence-corrected chi connectivity index (χ2v) is 3.72. The minimum Gasteiger partial charge on any atom is -0.329 e. The summed E-state index contributed by atoms with van der Waals surface area (Å²) in [5, 5.41) is 3.16. The highest BCUT2D eigenvalue weighted by Crippen LogP contribution is 2.24. The van der Waals surface area contributed by atoms with Crippen molar-refractivity contribution in [3.05, 3.63) is 40.9 Å². The molecule has 0 unspecified atom stereocenters. The summed E-state index contributed by atoms with van der Waals surface area (Å²) in [5.74, 6) is 0. The van der Waals surface area contributed by atoms with Gasteiger partial charge in [-0.15, -0.1) is 0 Å². The fraction of sp³-hybridized carbons (Fsp3) is 0. The Hall–Kier alpha value is -1.52. The molecule has 16 heavy (non-hydrogen) atoms. The standard InChI is InChI=1S/C10H7Cl2N3O/c11-9-10(12)15(5-13-9)8-3-1-7(2-4-8)14-6-16/h1-6H,(H,14,16). The van der Waals surface area contributed by atoms with Gasteiger partial charge in [0.25, 0.3) is 0 Å². The van der Waals surface area contributed by atoms with E-state index in [2.05, 4.69) is 10.3 Å². The minimum absolute atomic E-state index is 0.261. The number of hydrogen-bond donors (Lipinski definition) is 1. The van der Waals surface area contributed by atoms with Crippen LogP contribution in [0.1, 0.15) is 0 Å². The second kappa shape index (κ2) is 4.55.